The van der Waals surface area contributed by atoms with Crippen molar-refractivity contribution >= 4 is 29.5 Å². The van der Waals surface area contributed by atoms with Gasteiger partial charge in [0.2, 0.25) is 12.7 Å². The molecule has 0 radical (unpaired) electrons. The lowest BCUT2D eigenvalue weighted by Crippen LogP contribution is -2.12. The number of hydrogen-bond donors (Lipinski definition) is 1. The molecule has 0 saturated carbocycles. The molecule has 10 heteroatoms. The summed E-state index contributed by atoms with van der Waals surface area (Å²) in [5, 5.41) is 10.5. The van der Waals surface area contributed by atoms with E-state index in [1.165, 1.54) is 11.8 Å². The van der Waals surface area contributed by atoms with E-state index in [-0.39, 0.29) is 19.2 Å². The van der Waals surface area contributed by atoms with E-state index >= 15 is 0 Å². The molecule has 0 aliphatic carbocycles. The second kappa shape index (κ2) is 10.9. The average Bonchev–Trinajstić information content (AvgIpc) is 3.40. The lowest BCUT2D eigenvalue weighted by atomic mass is 10.2. The molecule has 180 valence electrons. The van der Waals surface area contributed by atoms with Gasteiger partial charge in [0.25, 0.3) is 0 Å². The fourth-order valence-corrected chi connectivity index (χ4v) is 4.70. The van der Waals surface area contributed by atoms with Crippen LogP contribution in [0.3, 0.4) is 0 Å². The molecular formula is C24H25ClN2O6S. The van der Waals surface area contributed by atoms with Gasteiger partial charge in [0.05, 0.1) is 13.7 Å². The van der Waals surface area contributed by atoms with Gasteiger partial charge in [0.15, 0.2) is 16.5 Å². The zero-order valence-electron chi connectivity index (χ0n) is 18.9. The molecule has 4 rings (SSSR count). The predicted molar refractivity (Wildman–Crippen MR) is 129 cm³/mol. The van der Waals surface area contributed by atoms with Gasteiger partial charge in [-0.2, -0.15) is 0 Å². The first-order valence-electron chi connectivity index (χ1n) is 10.8. The molecule has 1 aromatic heterocycles. The average molecular weight is 505 g/mol. The molecule has 34 heavy (non-hydrogen) atoms. The van der Waals surface area contributed by atoms with Gasteiger partial charge in [-0.3, -0.25) is 4.57 Å². The number of benzene rings is 2. The highest BCUT2D eigenvalue weighted by molar-refractivity contribution is 7.98. The highest BCUT2D eigenvalue weighted by Crippen LogP contribution is 2.39. The number of imidazole rings is 1. The first-order chi connectivity index (χ1) is 16.5. The van der Waals surface area contributed by atoms with Crippen LogP contribution in [0, 0.1) is 0 Å². The van der Waals surface area contributed by atoms with E-state index in [2.05, 4.69) is 6.92 Å². The zero-order chi connectivity index (χ0) is 24.1. The summed E-state index contributed by atoms with van der Waals surface area (Å²) in [5.74, 6) is 3.48. The number of rotatable bonds is 10. The lowest BCUT2D eigenvalue weighted by Gasteiger charge is -2.13. The molecule has 1 N–H and O–H groups in total. The van der Waals surface area contributed by atoms with Crippen molar-refractivity contribution in [2.24, 2.45) is 0 Å². The molecule has 0 fully saturated rings. The van der Waals surface area contributed by atoms with Gasteiger partial charge in [0.1, 0.15) is 11.6 Å². The monoisotopic (exact) mass is 504 g/mol. The Labute approximate surface area is 206 Å². The molecule has 3 aromatic rings. The number of thioether (sulfide) groups is 1. The quantitative estimate of drug-likeness (QED) is 0.265. The van der Waals surface area contributed by atoms with E-state index in [9.17, 15) is 9.90 Å². The Bertz CT molecular complexity index is 1170. The van der Waals surface area contributed by atoms with Gasteiger partial charge in [-0.15, -0.1) is 0 Å². The van der Waals surface area contributed by atoms with Gasteiger partial charge in [-0.1, -0.05) is 48.8 Å². The first kappa shape index (κ1) is 24.1. The van der Waals surface area contributed by atoms with E-state index in [1.54, 1.807) is 17.7 Å². The van der Waals surface area contributed by atoms with Crippen LogP contribution in [0.5, 0.6) is 23.1 Å². The molecule has 0 unspecified atom stereocenters. The Balaban J connectivity index is 1.66. The van der Waals surface area contributed by atoms with E-state index in [1.807, 2.05) is 30.3 Å². The Hall–Kier alpha value is -3.04. The minimum atomic E-state index is -1.40. The van der Waals surface area contributed by atoms with Crippen LogP contribution in [0.4, 0.5) is 4.79 Å². The Morgan fingerprint density at radius 1 is 1.24 bits per heavy atom. The van der Waals surface area contributed by atoms with Crippen LogP contribution in [0.15, 0.2) is 41.4 Å². The smallest absolute Gasteiger partial charge is 0.497 e. The van der Waals surface area contributed by atoms with Gasteiger partial charge in [0, 0.05) is 23.3 Å². The van der Waals surface area contributed by atoms with Crippen molar-refractivity contribution in [3.05, 3.63) is 58.4 Å². The van der Waals surface area contributed by atoms with Crippen molar-refractivity contribution in [3.63, 3.8) is 0 Å². The molecule has 2 heterocycles. The van der Waals surface area contributed by atoms with Crippen LogP contribution in [0.25, 0.3) is 0 Å². The number of aromatic nitrogens is 2. The summed E-state index contributed by atoms with van der Waals surface area (Å²) in [6, 6.07) is 11.2. The fraction of sp³-hybridized carbons (Fsp3) is 0.333. The maximum absolute atomic E-state index is 11.6. The number of hydrogen-bond acceptors (Lipinski definition) is 7. The lowest BCUT2D eigenvalue weighted by molar-refractivity contribution is 0.139. The van der Waals surface area contributed by atoms with Crippen LogP contribution in [0.1, 0.15) is 36.7 Å². The SMILES string of the molecule is CCCCc1nc(SCc2ccc(OC)cc2)c(OC(=O)O)n1Cc1cc2c(cc1Cl)OCO2. The molecule has 0 saturated heterocycles. The number of unbranched alkanes of at least 4 members (excludes halogenated alkanes) is 1. The van der Waals surface area contributed by atoms with Crippen molar-refractivity contribution < 1.29 is 28.8 Å². The molecule has 1 aliphatic rings. The molecule has 1 aliphatic heterocycles. The molecule has 0 atom stereocenters. The summed E-state index contributed by atoms with van der Waals surface area (Å²) in [6.45, 7) is 2.52. The molecule has 2 aromatic carbocycles. The summed E-state index contributed by atoms with van der Waals surface area (Å²) in [5.41, 5.74) is 1.80. The highest BCUT2D eigenvalue weighted by atomic mass is 35.5. The van der Waals surface area contributed by atoms with Crippen molar-refractivity contribution in [1.82, 2.24) is 9.55 Å². The van der Waals surface area contributed by atoms with Crippen LogP contribution >= 0.6 is 23.4 Å². The van der Waals surface area contributed by atoms with Gasteiger partial charge in [-0.25, -0.2) is 9.78 Å². The summed E-state index contributed by atoms with van der Waals surface area (Å²) in [7, 11) is 1.62. The standard InChI is InChI=1S/C24H25ClN2O6S/c1-3-4-5-21-26-22(34-13-15-6-8-17(30-2)9-7-15)23(33-24(28)29)27(21)12-16-10-19-20(11-18(16)25)32-14-31-19/h6-11H,3-5,12-14H2,1-2H3,(H,28,29). The number of carbonyl (C=O) groups is 1. The van der Waals surface area contributed by atoms with Crippen LogP contribution in [-0.2, 0) is 18.7 Å². The number of carboxylic acid groups (broad SMARTS) is 1. The number of fused-ring (bicyclic) bond motifs is 1. The second-order valence-electron chi connectivity index (χ2n) is 7.63. The van der Waals surface area contributed by atoms with Gasteiger partial charge in [-0.05, 0) is 35.7 Å². The summed E-state index contributed by atoms with van der Waals surface area (Å²) >= 11 is 7.92. The van der Waals surface area contributed by atoms with Crippen LogP contribution < -0.4 is 18.9 Å². The van der Waals surface area contributed by atoms with Crippen molar-refractivity contribution in [2.45, 2.75) is 43.5 Å². The molecular weight excluding hydrogens is 480 g/mol. The van der Waals surface area contributed by atoms with Gasteiger partial charge >= 0.3 is 6.16 Å². The Morgan fingerprint density at radius 3 is 2.65 bits per heavy atom. The number of methoxy groups -OCH3 is 1. The normalized spacial score (nSPS) is 12.1. The zero-order valence-corrected chi connectivity index (χ0v) is 20.4. The van der Waals surface area contributed by atoms with E-state index in [0.717, 1.165) is 35.5 Å². The third-order valence-electron chi connectivity index (χ3n) is 5.31. The summed E-state index contributed by atoms with van der Waals surface area (Å²) < 4.78 is 23.1. The largest absolute Gasteiger partial charge is 0.512 e. The summed E-state index contributed by atoms with van der Waals surface area (Å²) in [4.78, 5) is 16.3. The van der Waals surface area contributed by atoms with Crippen LogP contribution in [0.2, 0.25) is 5.02 Å². The molecule has 8 nitrogen and oxygen atoms in total. The first-order valence-corrected chi connectivity index (χ1v) is 12.2. The molecule has 0 spiro atoms. The van der Waals surface area contributed by atoms with E-state index in [4.69, 9.17) is 35.5 Å². The Morgan fingerprint density at radius 2 is 1.97 bits per heavy atom. The molecule has 0 amide bonds. The van der Waals surface area contributed by atoms with Crippen LogP contribution in [-0.4, -0.2) is 34.7 Å². The third-order valence-corrected chi connectivity index (χ3v) is 6.68. The number of halogens is 1. The minimum absolute atomic E-state index is 0.140. The number of nitrogens with zero attached hydrogens (tertiary/aromatic N) is 2. The predicted octanol–water partition coefficient (Wildman–Crippen LogP) is 6.01. The highest BCUT2D eigenvalue weighted by Gasteiger charge is 2.24. The second-order valence-corrected chi connectivity index (χ2v) is 9.00. The minimum Gasteiger partial charge on any atom is -0.497 e. The molecule has 0 bridgehead atoms. The Kier molecular flexibility index (Phi) is 7.74. The van der Waals surface area contributed by atoms with Crippen molar-refractivity contribution in [3.8, 4) is 23.1 Å². The van der Waals surface area contributed by atoms with E-state index in [0.29, 0.717) is 33.7 Å². The number of aryl methyl sites for hydroxylation is 1. The fourth-order valence-electron chi connectivity index (χ4n) is 3.55. The maximum atomic E-state index is 11.6. The summed E-state index contributed by atoms with van der Waals surface area (Å²) in [6.07, 6.45) is 1.16. The van der Waals surface area contributed by atoms with E-state index < -0.39 is 6.16 Å². The van der Waals surface area contributed by atoms with Crippen molar-refractivity contribution in [2.75, 3.05) is 13.9 Å². The topological polar surface area (TPSA) is 92.0 Å². The maximum Gasteiger partial charge on any atom is 0.512 e. The van der Waals surface area contributed by atoms with Crippen molar-refractivity contribution in [1.29, 1.82) is 0 Å². The number of ether oxygens (including phenoxy) is 4. The third kappa shape index (κ3) is 5.53. The van der Waals surface area contributed by atoms with Gasteiger partial charge < -0.3 is 24.1 Å².